The van der Waals surface area contributed by atoms with Gasteiger partial charge < -0.3 is 19.1 Å². The smallest absolute Gasteiger partial charge is 0.240 e. The Morgan fingerprint density at radius 2 is 1.56 bits per heavy atom. The van der Waals surface area contributed by atoms with Crippen LogP contribution in [0, 0.1) is 6.92 Å². The molecular weight excluding hydrogens is 322 g/mol. The van der Waals surface area contributed by atoms with Crippen LogP contribution in [0.3, 0.4) is 0 Å². The molecule has 134 valence electrons. The molecule has 2 aromatic heterocycles. The van der Waals surface area contributed by atoms with Crippen LogP contribution < -0.4 is 9.80 Å². The Morgan fingerprint density at radius 3 is 2.12 bits per heavy atom. The number of aryl methyl sites for hydroxylation is 1. The minimum absolute atomic E-state index is 0.681. The highest BCUT2D eigenvalue weighted by atomic mass is 16.5. The molecule has 4 rings (SSSR count). The van der Waals surface area contributed by atoms with E-state index in [9.17, 15) is 0 Å². The summed E-state index contributed by atoms with van der Waals surface area (Å²) < 4.78 is 10.6. The van der Waals surface area contributed by atoms with E-state index in [-0.39, 0.29) is 0 Å². The number of hydrogen-bond acceptors (Lipinski definition) is 9. The molecular formula is C16H23N7O2. The molecule has 0 radical (unpaired) electrons. The molecule has 0 aliphatic carbocycles. The highest BCUT2D eigenvalue weighted by molar-refractivity contribution is 5.45. The van der Waals surface area contributed by atoms with E-state index in [1.54, 1.807) is 0 Å². The van der Waals surface area contributed by atoms with Crippen molar-refractivity contribution in [3.8, 4) is 0 Å². The van der Waals surface area contributed by atoms with Gasteiger partial charge in [0.05, 0.1) is 19.8 Å². The predicted molar refractivity (Wildman–Crippen MR) is 91.6 cm³/mol. The fraction of sp³-hybridized carbons (Fsp3) is 0.625. The summed E-state index contributed by atoms with van der Waals surface area (Å²) in [4.78, 5) is 11.1. The molecule has 0 spiro atoms. The third kappa shape index (κ3) is 3.88. The number of ether oxygens (including phenoxy) is 1. The fourth-order valence-corrected chi connectivity index (χ4v) is 3.18. The summed E-state index contributed by atoms with van der Waals surface area (Å²) >= 11 is 0. The lowest BCUT2D eigenvalue weighted by Gasteiger charge is -2.34. The number of anilines is 2. The van der Waals surface area contributed by atoms with E-state index >= 15 is 0 Å². The largest absolute Gasteiger partial charge is 0.378 e. The zero-order chi connectivity index (χ0) is 17.1. The lowest BCUT2D eigenvalue weighted by molar-refractivity contribution is 0.122. The van der Waals surface area contributed by atoms with Gasteiger partial charge in [-0.1, -0.05) is 5.16 Å². The van der Waals surface area contributed by atoms with E-state index in [0.29, 0.717) is 18.3 Å². The van der Waals surface area contributed by atoms with E-state index in [0.717, 1.165) is 64.1 Å². The topological polar surface area (TPSA) is 83.7 Å². The van der Waals surface area contributed by atoms with Gasteiger partial charge in [0.2, 0.25) is 5.89 Å². The van der Waals surface area contributed by atoms with E-state index in [1.165, 1.54) is 0 Å². The Balaban J connectivity index is 1.31. The van der Waals surface area contributed by atoms with Gasteiger partial charge in [0.15, 0.2) is 17.5 Å². The number of nitrogens with zero attached hydrogens (tertiary/aromatic N) is 7. The minimum atomic E-state index is 0.681. The molecule has 4 heterocycles. The second-order valence-electron chi connectivity index (χ2n) is 6.35. The Bertz CT molecular complexity index is 676. The Kier molecular flexibility index (Phi) is 4.75. The lowest BCUT2D eigenvalue weighted by Crippen LogP contribution is -2.46. The van der Waals surface area contributed by atoms with Crippen LogP contribution in [0.2, 0.25) is 0 Å². The maximum atomic E-state index is 5.38. The summed E-state index contributed by atoms with van der Waals surface area (Å²) in [6, 6.07) is 4.12. The molecule has 0 bridgehead atoms. The third-order valence-electron chi connectivity index (χ3n) is 4.60. The molecule has 2 aromatic rings. The molecule has 9 heteroatoms. The summed E-state index contributed by atoms with van der Waals surface area (Å²) in [5.74, 6) is 3.23. The van der Waals surface area contributed by atoms with Crippen LogP contribution >= 0.6 is 0 Å². The van der Waals surface area contributed by atoms with Gasteiger partial charge in [-0.2, -0.15) is 4.98 Å². The molecule has 2 fully saturated rings. The molecule has 0 unspecified atom stereocenters. The number of hydrogen-bond donors (Lipinski definition) is 0. The molecule has 0 N–H and O–H groups in total. The van der Waals surface area contributed by atoms with E-state index in [4.69, 9.17) is 9.26 Å². The summed E-state index contributed by atoms with van der Waals surface area (Å²) in [6.45, 7) is 9.51. The van der Waals surface area contributed by atoms with Gasteiger partial charge >= 0.3 is 0 Å². The maximum Gasteiger partial charge on any atom is 0.240 e. The van der Waals surface area contributed by atoms with Crippen molar-refractivity contribution in [2.75, 3.05) is 62.3 Å². The zero-order valence-electron chi connectivity index (χ0n) is 14.5. The second kappa shape index (κ2) is 7.32. The van der Waals surface area contributed by atoms with Crippen molar-refractivity contribution in [3.05, 3.63) is 23.8 Å². The predicted octanol–water partition coefficient (Wildman–Crippen LogP) is 0.327. The molecule has 2 aliphatic rings. The molecule has 9 nitrogen and oxygen atoms in total. The quantitative estimate of drug-likeness (QED) is 0.778. The van der Waals surface area contributed by atoms with Crippen molar-refractivity contribution in [3.63, 3.8) is 0 Å². The Hall–Kier alpha value is -2.26. The van der Waals surface area contributed by atoms with E-state index in [2.05, 4.69) is 47.2 Å². The first-order valence-electron chi connectivity index (χ1n) is 8.71. The third-order valence-corrected chi connectivity index (χ3v) is 4.60. The summed E-state index contributed by atoms with van der Waals surface area (Å²) in [7, 11) is 0. The highest BCUT2D eigenvalue weighted by Gasteiger charge is 2.21. The molecule has 0 amide bonds. The van der Waals surface area contributed by atoms with Crippen molar-refractivity contribution in [2.45, 2.75) is 13.5 Å². The van der Waals surface area contributed by atoms with Gasteiger partial charge in [-0.25, -0.2) is 0 Å². The van der Waals surface area contributed by atoms with Gasteiger partial charge in [0.1, 0.15) is 0 Å². The number of aromatic nitrogens is 4. The number of morpholine rings is 1. The number of rotatable bonds is 4. The summed E-state index contributed by atoms with van der Waals surface area (Å²) in [6.07, 6.45) is 0. The monoisotopic (exact) mass is 345 g/mol. The Morgan fingerprint density at radius 1 is 0.920 bits per heavy atom. The van der Waals surface area contributed by atoms with Crippen molar-refractivity contribution in [1.29, 1.82) is 0 Å². The molecule has 25 heavy (non-hydrogen) atoms. The van der Waals surface area contributed by atoms with Gasteiger partial charge in [-0.3, -0.25) is 4.90 Å². The van der Waals surface area contributed by atoms with Crippen molar-refractivity contribution < 1.29 is 9.26 Å². The van der Waals surface area contributed by atoms with Gasteiger partial charge in [-0.05, 0) is 19.1 Å². The average molecular weight is 345 g/mol. The molecule has 0 saturated carbocycles. The lowest BCUT2D eigenvalue weighted by atomic mass is 10.3. The summed E-state index contributed by atoms with van der Waals surface area (Å²) in [5.41, 5.74) is 0. The Labute approximate surface area is 146 Å². The molecule has 2 aliphatic heterocycles. The van der Waals surface area contributed by atoms with Crippen molar-refractivity contribution in [1.82, 2.24) is 25.2 Å². The van der Waals surface area contributed by atoms with Gasteiger partial charge in [0.25, 0.3) is 0 Å². The molecule has 0 atom stereocenters. The summed E-state index contributed by atoms with van der Waals surface area (Å²) in [5, 5.41) is 12.7. The minimum Gasteiger partial charge on any atom is -0.378 e. The first-order valence-corrected chi connectivity index (χ1v) is 8.71. The zero-order valence-corrected chi connectivity index (χ0v) is 14.5. The normalized spacial score (nSPS) is 19.4. The first kappa shape index (κ1) is 16.2. The van der Waals surface area contributed by atoms with Crippen LogP contribution in [-0.2, 0) is 11.3 Å². The standard InChI is InChI=1S/C16H23N7O2/c1-13-17-16(25-20-13)12-21-4-6-22(7-5-21)14-2-3-15(19-18-14)23-8-10-24-11-9-23/h2-3H,4-12H2,1H3. The fourth-order valence-electron chi connectivity index (χ4n) is 3.18. The second-order valence-corrected chi connectivity index (χ2v) is 6.35. The molecule has 2 saturated heterocycles. The van der Waals surface area contributed by atoms with E-state index < -0.39 is 0 Å². The van der Waals surface area contributed by atoms with Crippen molar-refractivity contribution >= 4 is 11.6 Å². The van der Waals surface area contributed by atoms with Crippen LogP contribution in [0.1, 0.15) is 11.7 Å². The van der Waals surface area contributed by atoms with Crippen LogP contribution in [0.4, 0.5) is 11.6 Å². The number of piperazine rings is 1. The van der Waals surface area contributed by atoms with E-state index in [1.807, 2.05) is 6.92 Å². The van der Waals surface area contributed by atoms with Crippen LogP contribution in [0.25, 0.3) is 0 Å². The maximum absolute atomic E-state index is 5.38. The van der Waals surface area contributed by atoms with Crippen LogP contribution in [0.5, 0.6) is 0 Å². The van der Waals surface area contributed by atoms with Gasteiger partial charge in [0, 0.05) is 39.3 Å². The average Bonchev–Trinajstić information content (AvgIpc) is 3.08. The highest BCUT2D eigenvalue weighted by Crippen LogP contribution is 2.18. The van der Waals surface area contributed by atoms with Crippen molar-refractivity contribution in [2.24, 2.45) is 0 Å². The van der Waals surface area contributed by atoms with Crippen LogP contribution in [-0.4, -0.2) is 77.7 Å². The van der Waals surface area contributed by atoms with Crippen LogP contribution in [0.15, 0.2) is 16.7 Å². The van der Waals surface area contributed by atoms with Gasteiger partial charge in [-0.15, -0.1) is 10.2 Å². The SMILES string of the molecule is Cc1noc(CN2CCN(c3ccc(N4CCOCC4)nn3)CC2)n1. The molecule has 0 aromatic carbocycles. The first-order chi connectivity index (χ1) is 12.3.